The first-order chi connectivity index (χ1) is 12.8. The van der Waals surface area contributed by atoms with Gasteiger partial charge in [-0.05, 0) is 55.5 Å². The Morgan fingerprint density at radius 2 is 1.52 bits per heavy atom. The van der Waals surface area contributed by atoms with E-state index in [1.54, 1.807) is 24.3 Å². The fourth-order valence-electron chi connectivity index (χ4n) is 2.22. The summed E-state index contributed by atoms with van der Waals surface area (Å²) in [6, 6.07) is 11.3. The van der Waals surface area contributed by atoms with Crippen molar-refractivity contribution >= 4 is 28.9 Å². The summed E-state index contributed by atoms with van der Waals surface area (Å²) in [5, 5.41) is 13.4. The predicted molar refractivity (Wildman–Crippen MR) is 94.3 cm³/mol. The van der Waals surface area contributed by atoms with Crippen molar-refractivity contribution in [2.75, 3.05) is 10.6 Å². The molecule has 0 unspecified atom stereocenters. The van der Waals surface area contributed by atoms with Gasteiger partial charge in [0.1, 0.15) is 0 Å². The van der Waals surface area contributed by atoms with Gasteiger partial charge in [0.2, 0.25) is 5.95 Å². The summed E-state index contributed by atoms with van der Waals surface area (Å²) in [4.78, 5) is 15.5. The minimum absolute atomic E-state index is 0.0340. The molecule has 0 aliphatic heterocycles. The minimum Gasteiger partial charge on any atom is -0.339 e. The summed E-state index contributed by atoms with van der Waals surface area (Å²) < 4.78 is 37.8. The van der Waals surface area contributed by atoms with Crippen molar-refractivity contribution < 1.29 is 18.0 Å². The van der Waals surface area contributed by atoms with Gasteiger partial charge in [-0.25, -0.2) is 0 Å². The highest BCUT2D eigenvalue weighted by molar-refractivity contribution is 5.94. The van der Waals surface area contributed by atoms with E-state index in [0.717, 1.165) is 12.1 Å². The van der Waals surface area contributed by atoms with Crippen LogP contribution in [0.1, 0.15) is 22.8 Å². The highest BCUT2D eigenvalue weighted by Crippen LogP contribution is 2.30. The molecule has 0 bridgehead atoms. The first-order valence-electron chi connectivity index (χ1n) is 7.83. The number of anilines is 4. The van der Waals surface area contributed by atoms with Crippen molar-refractivity contribution in [1.29, 1.82) is 0 Å². The molecule has 1 aromatic heterocycles. The van der Waals surface area contributed by atoms with E-state index in [-0.39, 0.29) is 11.7 Å². The topological polar surface area (TPSA) is 79.8 Å². The normalized spacial score (nSPS) is 11.1. The van der Waals surface area contributed by atoms with Crippen molar-refractivity contribution in [2.45, 2.75) is 13.1 Å². The van der Waals surface area contributed by atoms with Gasteiger partial charge in [0.25, 0.3) is 0 Å². The number of carbonyl (C=O) groups excluding carboxylic acids is 1. The molecule has 6 nitrogen and oxygen atoms in total. The molecule has 1 heterocycles. The Bertz CT molecular complexity index is 940. The van der Waals surface area contributed by atoms with Gasteiger partial charge in [0.05, 0.1) is 11.8 Å². The molecular formula is C18H14F3N5O. The largest absolute Gasteiger partial charge is 0.416 e. The van der Waals surface area contributed by atoms with Crippen molar-refractivity contribution in [3.63, 3.8) is 0 Å². The van der Waals surface area contributed by atoms with Crippen LogP contribution in [0.3, 0.4) is 0 Å². The Balaban J connectivity index is 1.71. The van der Waals surface area contributed by atoms with Gasteiger partial charge in [-0.1, -0.05) is 0 Å². The number of Topliss-reactive ketones (excluding diaryl/α,β-unsaturated/α-hetero) is 1. The second-order valence-electron chi connectivity index (χ2n) is 5.62. The highest BCUT2D eigenvalue weighted by atomic mass is 19.4. The maximum atomic E-state index is 12.6. The second kappa shape index (κ2) is 7.40. The number of alkyl halides is 3. The van der Waals surface area contributed by atoms with E-state index in [4.69, 9.17) is 0 Å². The summed E-state index contributed by atoms with van der Waals surface area (Å²) in [5.41, 5.74) is 0.941. The third-order valence-corrected chi connectivity index (χ3v) is 3.59. The van der Waals surface area contributed by atoms with Gasteiger partial charge in [-0.15, -0.1) is 5.10 Å². The molecule has 0 radical (unpaired) electrons. The van der Waals surface area contributed by atoms with E-state index in [2.05, 4.69) is 25.8 Å². The molecule has 27 heavy (non-hydrogen) atoms. The number of ketones is 1. The minimum atomic E-state index is -4.39. The lowest BCUT2D eigenvalue weighted by Crippen LogP contribution is -2.05. The first kappa shape index (κ1) is 18.3. The van der Waals surface area contributed by atoms with Crippen LogP contribution in [0.25, 0.3) is 0 Å². The second-order valence-corrected chi connectivity index (χ2v) is 5.62. The molecular weight excluding hydrogens is 359 g/mol. The third kappa shape index (κ3) is 4.78. The monoisotopic (exact) mass is 373 g/mol. The lowest BCUT2D eigenvalue weighted by molar-refractivity contribution is -0.137. The van der Waals surface area contributed by atoms with Crippen LogP contribution in [0, 0.1) is 0 Å². The lowest BCUT2D eigenvalue weighted by Gasteiger charge is -2.09. The summed E-state index contributed by atoms with van der Waals surface area (Å²) in [7, 11) is 0. The summed E-state index contributed by atoms with van der Waals surface area (Å²) in [5.74, 6) is 0.475. The van der Waals surface area contributed by atoms with E-state index < -0.39 is 11.7 Å². The number of aromatic nitrogens is 3. The molecule has 0 fully saturated rings. The van der Waals surface area contributed by atoms with Crippen LogP contribution in [0.15, 0.2) is 54.7 Å². The van der Waals surface area contributed by atoms with Crippen molar-refractivity contribution in [1.82, 2.24) is 15.2 Å². The average molecular weight is 373 g/mol. The molecule has 0 atom stereocenters. The smallest absolute Gasteiger partial charge is 0.339 e. The standard InChI is InChI=1S/C18H14F3N5O/c1-11(27)12-2-6-14(7-3-12)23-16-10-22-26-17(25-16)24-15-8-4-13(5-9-15)18(19,20)21/h2-10H,1H3,(H2,23,24,25,26). The Morgan fingerprint density at radius 1 is 0.926 bits per heavy atom. The molecule has 3 rings (SSSR count). The first-order valence-corrected chi connectivity index (χ1v) is 7.83. The van der Waals surface area contributed by atoms with Gasteiger partial charge < -0.3 is 10.6 Å². The van der Waals surface area contributed by atoms with Crippen molar-refractivity contribution in [2.24, 2.45) is 0 Å². The molecule has 138 valence electrons. The Hall–Kier alpha value is -3.49. The number of carbonyl (C=O) groups is 1. The van der Waals surface area contributed by atoms with Crippen LogP contribution in [-0.2, 0) is 6.18 Å². The van der Waals surface area contributed by atoms with E-state index in [1.165, 1.54) is 25.3 Å². The van der Waals surface area contributed by atoms with Gasteiger partial charge in [0.15, 0.2) is 11.6 Å². The number of benzene rings is 2. The van der Waals surface area contributed by atoms with E-state index in [1.807, 2.05) is 0 Å². The molecule has 0 saturated carbocycles. The number of halogens is 3. The zero-order valence-electron chi connectivity index (χ0n) is 14.1. The van der Waals surface area contributed by atoms with E-state index in [0.29, 0.717) is 22.8 Å². The zero-order valence-corrected chi connectivity index (χ0v) is 14.1. The number of rotatable bonds is 5. The molecule has 0 aliphatic carbocycles. The fourth-order valence-corrected chi connectivity index (χ4v) is 2.22. The van der Waals surface area contributed by atoms with Crippen molar-refractivity contribution in [3.8, 4) is 0 Å². The van der Waals surface area contributed by atoms with Crippen LogP contribution in [-0.4, -0.2) is 21.0 Å². The van der Waals surface area contributed by atoms with Crippen molar-refractivity contribution in [3.05, 3.63) is 65.9 Å². The van der Waals surface area contributed by atoms with Gasteiger partial charge >= 0.3 is 6.18 Å². The Labute approximate surface area is 152 Å². The van der Waals surface area contributed by atoms with Crippen LogP contribution in [0.4, 0.5) is 36.3 Å². The predicted octanol–water partition coefficient (Wildman–Crippen LogP) is 4.58. The van der Waals surface area contributed by atoms with Gasteiger partial charge in [0, 0.05) is 16.9 Å². The number of nitrogens with zero attached hydrogens (tertiary/aromatic N) is 3. The number of nitrogens with one attached hydrogen (secondary N) is 2. The SMILES string of the molecule is CC(=O)c1ccc(Nc2cnnc(Nc3ccc(C(F)(F)F)cc3)n2)cc1. The summed E-state index contributed by atoms with van der Waals surface area (Å²) in [6.07, 6.45) is -2.99. The summed E-state index contributed by atoms with van der Waals surface area (Å²) in [6.45, 7) is 1.48. The molecule has 2 N–H and O–H groups in total. The van der Waals surface area contributed by atoms with E-state index >= 15 is 0 Å². The number of hydrogen-bond acceptors (Lipinski definition) is 6. The molecule has 2 aromatic carbocycles. The fraction of sp³-hybridized carbons (Fsp3) is 0.111. The maximum absolute atomic E-state index is 12.6. The molecule has 0 amide bonds. The van der Waals surface area contributed by atoms with Crippen LogP contribution < -0.4 is 10.6 Å². The molecule has 9 heteroatoms. The molecule has 0 spiro atoms. The van der Waals surface area contributed by atoms with Crippen LogP contribution >= 0.6 is 0 Å². The lowest BCUT2D eigenvalue weighted by atomic mass is 10.1. The summed E-state index contributed by atoms with van der Waals surface area (Å²) >= 11 is 0. The van der Waals surface area contributed by atoms with E-state index in [9.17, 15) is 18.0 Å². The molecule has 0 saturated heterocycles. The van der Waals surface area contributed by atoms with Gasteiger partial charge in [-0.2, -0.15) is 23.3 Å². The van der Waals surface area contributed by atoms with Crippen LogP contribution in [0.2, 0.25) is 0 Å². The average Bonchev–Trinajstić information content (AvgIpc) is 2.62. The van der Waals surface area contributed by atoms with Crippen LogP contribution in [0.5, 0.6) is 0 Å². The Morgan fingerprint density at radius 3 is 2.11 bits per heavy atom. The third-order valence-electron chi connectivity index (χ3n) is 3.59. The Kier molecular flexibility index (Phi) is 5.02. The highest BCUT2D eigenvalue weighted by Gasteiger charge is 2.29. The quantitative estimate of drug-likeness (QED) is 0.637. The molecule has 0 aliphatic rings. The van der Waals surface area contributed by atoms with Gasteiger partial charge in [-0.3, -0.25) is 4.79 Å². The zero-order chi connectivity index (χ0) is 19.4. The maximum Gasteiger partial charge on any atom is 0.416 e. The molecule has 3 aromatic rings. The number of hydrogen-bond donors (Lipinski definition) is 2.